The van der Waals surface area contributed by atoms with E-state index in [2.05, 4.69) is 14.9 Å². The van der Waals surface area contributed by atoms with Gasteiger partial charge in [-0.1, -0.05) is 20.3 Å². The predicted molar refractivity (Wildman–Crippen MR) is 190 cm³/mol. The molecule has 1 saturated carbocycles. The molecule has 0 radical (unpaired) electrons. The number of ether oxygens (including phenoxy) is 2. The summed E-state index contributed by atoms with van der Waals surface area (Å²) < 4.78 is 67.8. The highest BCUT2D eigenvalue weighted by molar-refractivity contribution is 7.92. The number of carbonyl (C=O) groups is 2. The number of aryl methyl sites for hydroxylation is 1. The van der Waals surface area contributed by atoms with Crippen molar-refractivity contribution in [1.29, 1.82) is 0 Å². The molecule has 3 aliphatic heterocycles. The number of esters is 1. The van der Waals surface area contributed by atoms with Gasteiger partial charge in [-0.2, -0.15) is 0 Å². The number of nitrogens with two attached hydrogens (primary N) is 1. The number of halogens is 2. The zero-order valence-electron chi connectivity index (χ0n) is 28.9. The van der Waals surface area contributed by atoms with Gasteiger partial charge in [0.15, 0.2) is 0 Å². The van der Waals surface area contributed by atoms with Gasteiger partial charge >= 0.3 is 5.97 Å². The molecule has 4 N–H and O–H groups in total. The minimum absolute atomic E-state index is 0.0928. The molecule has 0 aromatic heterocycles. The third kappa shape index (κ3) is 8.44. The Morgan fingerprint density at radius 2 is 1.64 bits per heavy atom. The molecule has 2 aromatic rings. The molecule has 14 heteroatoms. The fraction of sp³-hybridized carbons (Fsp3) is 0.611. The maximum Gasteiger partial charge on any atom is 0.323 e. The number of nitrogens with zero attached hydrogens (tertiary/aromatic N) is 2. The Hall–Kier alpha value is -3.65. The summed E-state index contributed by atoms with van der Waals surface area (Å²) in [7, 11) is -3.90. The first-order chi connectivity index (χ1) is 23.8. The summed E-state index contributed by atoms with van der Waals surface area (Å²) in [6.07, 6.45) is 6.17. The van der Waals surface area contributed by atoms with Crippen LogP contribution < -0.4 is 30.3 Å². The molecule has 1 amide bonds. The SMILES string of the molecule is CCC(C)[C@H](N)C(=O)OCCS(=O)(=O)Nc1ccc(C(=O)Nc2cc3c(c(N4CCC(F)(F)CC4)c2)OCCC3)c(N2CCC3(CC2)CC3)c1. The molecule has 274 valence electrons. The largest absolute Gasteiger partial charge is 0.491 e. The predicted octanol–water partition coefficient (Wildman–Crippen LogP) is 5.54. The second kappa shape index (κ2) is 14.5. The van der Waals surface area contributed by atoms with Crippen LogP contribution in [0.5, 0.6) is 5.75 Å². The average Bonchev–Trinajstić information content (AvgIpc) is 3.85. The van der Waals surface area contributed by atoms with Crippen molar-refractivity contribution in [1.82, 2.24) is 0 Å². The fourth-order valence-electron chi connectivity index (χ4n) is 7.05. The Morgan fingerprint density at radius 3 is 2.32 bits per heavy atom. The summed E-state index contributed by atoms with van der Waals surface area (Å²) in [6, 6.07) is 7.71. The number of rotatable bonds is 12. The van der Waals surface area contributed by atoms with Crippen molar-refractivity contribution < 1.29 is 36.3 Å². The number of piperidine rings is 2. The van der Waals surface area contributed by atoms with E-state index in [1.807, 2.05) is 24.8 Å². The lowest BCUT2D eigenvalue weighted by molar-refractivity contribution is -0.145. The molecule has 6 rings (SSSR count). The summed E-state index contributed by atoms with van der Waals surface area (Å²) in [5.74, 6) is -3.55. The topological polar surface area (TPSA) is 143 Å². The molecule has 2 atom stereocenters. The molecular formula is C36H49F2N5O6S. The maximum atomic E-state index is 14.0. The number of hydrogen-bond acceptors (Lipinski definition) is 9. The van der Waals surface area contributed by atoms with Crippen LogP contribution >= 0.6 is 0 Å². The molecule has 3 heterocycles. The minimum atomic E-state index is -3.90. The summed E-state index contributed by atoms with van der Waals surface area (Å²) in [5, 5.41) is 3.05. The third-order valence-electron chi connectivity index (χ3n) is 10.8. The van der Waals surface area contributed by atoms with Gasteiger partial charge in [0.05, 0.1) is 29.2 Å². The zero-order chi connectivity index (χ0) is 35.7. The van der Waals surface area contributed by atoms with Crippen LogP contribution in [-0.4, -0.2) is 77.4 Å². The number of anilines is 4. The van der Waals surface area contributed by atoms with Crippen LogP contribution in [0.15, 0.2) is 30.3 Å². The monoisotopic (exact) mass is 717 g/mol. The van der Waals surface area contributed by atoms with Crippen molar-refractivity contribution >= 4 is 44.6 Å². The van der Waals surface area contributed by atoms with E-state index in [1.165, 1.54) is 12.8 Å². The Bertz CT molecular complexity index is 1680. The fourth-order valence-corrected chi connectivity index (χ4v) is 7.95. The Kier molecular flexibility index (Phi) is 10.5. The van der Waals surface area contributed by atoms with Crippen LogP contribution in [0.3, 0.4) is 0 Å². The molecule has 3 fully saturated rings. The lowest BCUT2D eigenvalue weighted by Gasteiger charge is -2.36. The van der Waals surface area contributed by atoms with Crippen LogP contribution in [-0.2, 0) is 26.0 Å². The molecule has 2 saturated heterocycles. The van der Waals surface area contributed by atoms with Gasteiger partial charge in [-0.3, -0.25) is 14.3 Å². The normalized spacial score (nSPS) is 20.7. The molecule has 1 spiro atoms. The number of alkyl halides is 2. The van der Waals surface area contributed by atoms with E-state index in [-0.39, 0.29) is 44.4 Å². The number of carbonyl (C=O) groups excluding carboxylic acids is 2. The smallest absolute Gasteiger partial charge is 0.323 e. The lowest BCUT2D eigenvalue weighted by atomic mass is 9.93. The van der Waals surface area contributed by atoms with Crippen molar-refractivity contribution in [3.8, 4) is 5.75 Å². The molecule has 1 aliphatic carbocycles. The molecule has 0 bridgehead atoms. The first-order valence-electron chi connectivity index (χ1n) is 17.8. The number of nitrogens with one attached hydrogen (secondary N) is 2. The van der Waals surface area contributed by atoms with Crippen LogP contribution in [0, 0.1) is 11.3 Å². The highest BCUT2D eigenvalue weighted by atomic mass is 32.2. The van der Waals surface area contributed by atoms with Gasteiger partial charge in [-0.25, -0.2) is 17.2 Å². The number of sulfonamides is 1. The van der Waals surface area contributed by atoms with E-state index in [9.17, 15) is 26.8 Å². The highest BCUT2D eigenvalue weighted by Crippen LogP contribution is 2.54. The van der Waals surface area contributed by atoms with Crippen molar-refractivity contribution in [2.24, 2.45) is 17.1 Å². The van der Waals surface area contributed by atoms with E-state index in [1.54, 1.807) is 24.3 Å². The van der Waals surface area contributed by atoms with Crippen LogP contribution in [0.2, 0.25) is 0 Å². The minimum Gasteiger partial charge on any atom is -0.491 e. The van der Waals surface area contributed by atoms with Gasteiger partial charge in [0.1, 0.15) is 24.2 Å². The summed E-state index contributed by atoms with van der Waals surface area (Å²) >= 11 is 0. The molecule has 50 heavy (non-hydrogen) atoms. The van der Waals surface area contributed by atoms with Crippen molar-refractivity contribution in [3.05, 3.63) is 41.5 Å². The Labute approximate surface area is 293 Å². The van der Waals surface area contributed by atoms with E-state index in [0.29, 0.717) is 52.5 Å². The van der Waals surface area contributed by atoms with E-state index in [0.717, 1.165) is 44.3 Å². The molecular weight excluding hydrogens is 668 g/mol. The van der Waals surface area contributed by atoms with Gasteiger partial charge < -0.3 is 30.3 Å². The first kappa shape index (κ1) is 36.2. The summed E-state index contributed by atoms with van der Waals surface area (Å²) in [5.41, 5.74) is 9.76. The van der Waals surface area contributed by atoms with Crippen molar-refractivity contribution in [2.45, 2.75) is 83.6 Å². The van der Waals surface area contributed by atoms with Crippen molar-refractivity contribution in [3.63, 3.8) is 0 Å². The molecule has 11 nitrogen and oxygen atoms in total. The van der Waals surface area contributed by atoms with Crippen LogP contribution in [0.4, 0.5) is 31.5 Å². The molecule has 1 unspecified atom stereocenters. The average molecular weight is 718 g/mol. The van der Waals surface area contributed by atoms with E-state index < -0.39 is 33.7 Å². The maximum absolute atomic E-state index is 14.0. The number of benzene rings is 2. The second-order valence-electron chi connectivity index (χ2n) is 14.5. The number of fused-ring (bicyclic) bond motifs is 1. The van der Waals surface area contributed by atoms with Gasteiger partial charge in [-0.05, 0) is 85.8 Å². The highest BCUT2D eigenvalue weighted by Gasteiger charge is 2.45. The Morgan fingerprint density at radius 1 is 0.980 bits per heavy atom. The number of amides is 1. The van der Waals surface area contributed by atoms with Crippen molar-refractivity contribution in [2.75, 3.05) is 65.0 Å². The van der Waals surface area contributed by atoms with Crippen LogP contribution in [0.25, 0.3) is 0 Å². The van der Waals surface area contributed by atoms with Gasteiger partial charge in [-0.15, -0.1) is 0 Å². The number of hydrogen-bond donors (Lipinski definition) is 3. The lowest BCUT2D eigenvalue weighted by Crippen LogP contribution is -2.39. The third-order valence-corrected chi connectivity index (χ3v) is 12.1. The second-order valence-corrected chi connectivity index (χ2v) is 16.3. The quantitative estimate of drug-likeness (QED) is 0.241. The van der Waals surface area contributed by atoms with Gasteiger partial charge in [0.2, 0.25) is 10.0 Å². The summed E-state index contributed by atoms with van der Waals surface area (Å²) in [4.78, 5) is 30.3. The summed E-state index contributed by atoms with van der Waals surface area (Å²) in [6.45, 7) is 5.80. The van der Waals surface area contributed by atoms with E-state index in [4.69, 9.17) is 15.2 Å². The van der Waals surface area contributed by atoms with Gasteiger partial charge in [0, 0.05) is 44.7 Å². The first-order valence-corrected chi connectivity index (χ1v) is 19.5. The molecule has 4 aliphatic rings. The zero-order valence-corrected chi connectivity index (χ0v) is 29.8. The standard InChI is InChI=1S/C36H49F2N5O6S/c1-3-24(2)31(39)34(45)49-19-20-50(46,47)41-26-6-7-28(29(22-26)42-14-10-35(8-9-35)11-15-42)33(44)40-27-21-25-5-4-18-48-32(25)30(23-27)43-16-12-36(37,38)13-17-43/h6-7,21-24,31,41H,3-5,8-20,39H2,1-2H3,(H,40,44)/t24?,31-/m0/s1. The Balaban J connectivity index is 1.20. The van der Waals surface area contributed by atoms with Crippen LogP contribution in [0.1, 0.15) is 81.1 Å². The van der Waals surface area contributed by atoms with Gasteiger partial charge in [0.25, 0.3) is 11.8 Å². The molecule has 2 aromatic carbocycles. The van der Waals surface area contributed by atoms with E-state index >= 15 is 0 Å².